The van der Waals surface area contributed by atoms with Crippen molar-refractivity contribution in [3.05, 3.63) is 0 Å². The Bertz CT molecular complexity index is 175. The minimum Gasteiger partial charge on any atom is -0.464 e. The summed E-state index contributed by atoms with van der Waals surface area (Å²) in [7, 11) is -1.79. The molecular weight excluding hydrogens is 188 g/mol. The first kappa shape index (κ1) is 12.6. The highest BCUT2D eigenvalue weighted by atomic mass is 28.3. The Hall–Kier alpha value is -0.393. The number of carbonyl (C=O) groups excluding carboxylic acids is 1. The molecule has 0 aromatic rings. The van der Waals surface area contributed by atoms with Crippen LogP contribution in [-0.2, 0) is 9.53 Å². The standard InChI is InChI=1S/C8H18O4Si/c1-6(10)12-8(7(11)5-9)13(2,3)4/h7-9,11H,5H2,1-4H3/t7-,8+/m0/s1. The molecule has 0 fully saturated rings. The number of rotatable bonds is 4. The largest absolute Gasteiger partial charge is 0.464 e. The molecule has 0 rings (SSSR count). The number of aliphatic hydroxyl groups excluding tert-OH is 2. The molecule has 78 valence electrons. The summed E-state index contributed by atoms with van der Waals surface area (Å²) in [5.74, 6) is -0.417. The Kier molecular flexibility index (Phi) is 4.59. The summed E-state index contributed by atoms with van der Waals surface area (Å²) in [4.78, 5) is 10.7. The number of esters is 1. The summed E-state index contributed by atoms with van der Waals surface area (Å²) >= 11 is 0. The van der Waals surface area contributed by atoms with Gasteiger partial charge in [-0.2, -0.15) is 0 Å². The molecular formula is C8H18O4Si. The lowest BCUT2D eigenvalue weighted by Gasteiger charge is -2.31. The zero-order valence-electron chi connectivity index (χ0n) is 8.57. The molecule has 0 aliphatic rings. The summed E-state index contributed by atoms with van der Waals surface area (Å²) in [6, 6.07) is 0. The highest BCUT2D eigenvalue weighted by Gasteiger charge is 2.35. The van der Waals surface area contributed by atoms with Crippen molar-refractivity contribution in [2.75, 3.05) is 6.61 Å². The van der Waals surface area contributed by atoms with Gasteiger partial charge in [0.05, 0.1) is 14.7 Å². The van der Waals surface area contributed by atoms with Crippen molar-refractivity contribution in [3.63, 3.8) is 0 Å². The van der Waals surface area contributed by atoms with Gasteiger partial charge in [0.15, 0.2) is 0 Å². The van der Waals surface area contributed by atoms with Crippen molar-refractivity contribution in [1.82, 2.24) is 0 Å². The maximum absolute atomic E-state index is 10.7. The van der Waals surface area contributed by atoms with Crippen molar-refractivity contribution < 1.29 is 19.7 Å². The van der Waals surface area contributed by atoms with Gasteiger partial charge < -0.3 is 14.9 Å². The summed E-state index contributed by atoms with van der Waals surface area (Å²) in [6.45, 7) is 6.85. The molecule has 0 saturated carbocycles. The molecule has 0 aromatic heterocycles. The monoisotopic (exact) mass is 206 g/mol. The van der Waals surface area contributed by atoms with Crippen LogP contribution in [0.5, 0.6) is 0 Å². The van der Waals surface area contributed by atoms with E-state index in [1.165, 1.54) is 6.92 Å². The van der Waals surface area contributed by atoms with Gasteiger partial charge in [-0.1, -0.05) is 19.6 Å². The molecule has 2 N–H and O–H groups in total. The van der Waals surface area contributed by atoms with Gasteiger partial charge in [0.1, 0.15) is 11.8 Å². The summed E-state index contributed by atoms with van der Waals surface area (Å²) in [6.07, 6.45) is -0.962. The molecule has 0 aromatic carbocycles. The minimum absolute atomic E-state index is 0.373. The molecule has 13 heavy (non-hydrogen) atoms. The molecule has 0 heterocycles. The fraction of sp³-hybridized carbons (Fsp3) is 0.875. The normalized spacial score (nSPS) is 16.5. The molecule has 0 bridgehead atoms. The smallest absolute Gasteiger partial charge is 0.302 e. The van der Waals surface area contributed by atoms with E-state index in [4.69, 9.17) is 9.84 Å². The lowest BCUT2D eigenvalue weighted by Crippen LogP contribution is -2.50. The summed E-state index contributed by atoms with van der Waals surface area (Å²) in [5, 5.41) is 18.2. The highest BCUT2D eigenvalue weighted by molar-refractivity contribution is 6.77. The van der Waals surface area contributed by atoms with Gasteiger partial charge in [0.25, 0.3) is 0 Å². The van der Waals surface area contributed by atoms with Crippen LogP contribution in [0.3, 0.4) is 0 Å². The van der Waals surface area contributed by atoms with E-state index in [1.54, 1.807) is 0 Å². The van der Waals surface area contributed by atoms with E-state index in [2.05, 4.69) is 0 Å². The van der Waals surface area contributed by atoms with E-state index in [-0.39, 0.29) is 6.61 Å². The number of hydrogen-bond donors (Lipinski definition) is 2. The lowest BCUT2D eigenvalue weighted by atomic mass is 10.4. The third kappa shape index (κ3) is 4.40. The molecule has 0 radical (unpaired) electrons. The average Bonchev–Trinajstić information content (AvgIpc) is 1.96. The Labute approximate surface area is 79.5 Å². The fourth-order valence-corrected chi connectivity index (χ4v) is 2.89. The van der Waals surface area contributed by atoms with Crippen molar-refractivity contribution in [2.45, 2.75) is 38.4 Å². The zero-order valence-corrected chi connectivity index (χ0v) is 9.57. The Morgan fingerprint density at radius 2 is 1.92 bits per heavy atom. The molecule has 0 amide bonds. The van der Waals surface area contributed by atoms with E-state index >= 15 is 0 Å². The predicted octanol–water partition coefficient (Wildman–Crippen LogP) is 0.149. The first-order valence-corrected chi connectivity index (χ1v) is 7.83. The molecule has 2 atom stereocenters. The first-order valence-electron chi connectivity index (χ1n) is 4.25. The van der Waals surface area contributed by atoms with Crippen LogP contribution in [0.2, 0.25) is 19.6 Å². The van der Waals surface area contributed by atoms with Crippen LogP contribution < -0.4 is 0 Å². The van der Waals surface area contributed by atoms with E-state index in [0.29, 0.717) is 0 Å². The SMILES string of the molecule is CC(=O)O[C@@H]([C@@H](O)CO)[Si](C)(C)C. The summed E-state index contributed by atoms with van der Waals surface area (Å²) < 4.78 is 4.98. The second kappa shape index (κ2) is 4.73. The van der Waals surface area contributed by atoms with Crippen LogP contribution in [0, 0.1) is 0 Å². The Morgan fingerprint density at radius 1 is 1.46 bits per heavy atom. The third-order valence-corrected chi connectivity index (χ3v) is 3.89. The molecule has 5 heteroatoms. The second-order valence-corrected chi connectivity index (χ2v) is 9.45. The van der Waals surface area contributed by atoms with Gasteiger partial charge in [-0.15, -0.1) is 0 Å². The molecule has 0 unspecified atom stereocenters. The van der Waals surface area contributed by atoms with Gasteiger partial charge in [-0.25, -0.2) is 0 Å². The topological polar surface area (TPSA) is 66.8 Å². The van der Waals surface area contributed by atoms with Gasteiger partial charge in [0, 0.05) is 6.92 Å². The molecule has 0 aliphatic carbocycles. The van der Waals surface area contributed by atoms with Crippen LogP contribution in [0.1, 0.15) is 6.92 Å². The van der Waals surface area contributed by atoms with Gasteiger partial charge in [0.2, 0.25) is 0 Å². The van der Waals surface area contributed by atoms with Crippen molar-refractivity contribution in [2.24, 2.45) is 0 Å². The van der Waals surface area contributed by atoms with E-state index < -0.39 is 25.9 Å². The second-order valence-electron chi connectivity index (χ2n) is 4.15. The minimum atomic E-state index is -1.79. The van der Waals surface area contributed by atoms with E-state index in [1.807, 2.05) is 19.6 Å². The Morgan fingerprint density at radius 3 is 2.15 bits per heavy atom. The van der Waals surface area contributed by atoms with Crippen LogP contribution in [-0.4, -0.2) is 42.7 Å². The van der Waals surface area contributed by atoms with Crippen LogP contribution in [0.15, 0.2) is 0 Å². The van der Waals surface area contributed by atoms with E-state index in [9.17, 15) is 9.90 Å². The zero-order chi connectivity index (χ0) is 10.6. The van der Waals surface area contributed by atoms with Gasteiger partial charge in [-0.3, -0.25) is 4.79 Å². The first-order chi connectivity index (χ1) is 5.79. The van der Waals surface area contributed by atoms with Gasteiger partial charge >= 0.3 is 5.97 Å². The molecule has 0 saturated heterocycles. The quantitative estimate of drug-likeness (QED) is 0.507. The molecule has 0 spiro atoms. The number of ether oxygens (including phenoxy) is 1. The fourth-order valence-electron chi connectivity index (χ4n) is 1.11. The Balaban J connectivity index is 4.46. The maximum Gasteiger partial charge on any atom is 0.302 e. The predicted molar refractivity (Wildman–Crippen MR) is 52.0 cm³/mol. The van der Waals surface area contributed by atoms with Crippen molar-refractivity contribution >= 4 is 14.0 Å². The molecule has 4 nitrogen and oxygen atoms in total. The van der Waals surface area contributed by atoms with Crippen LogP contribution >= 0.6 is 0 Å². The number of aliphatic hydroxyl groups is 2. The van der Waals surface area contributed by atoms with Crippen LogP contribution in [0.25, 0.3) is 0 Å². The van der Waals surface area contributed by atoms with Gasteiger partial charge in [-0.05, 0) is 0 Å². The maximum atomic E-state index is 10.7. The molecule has 0 aliphatic heterocycles. The van der Waals surface area contributed by atoms with Crippen molar-refractivity contribution in [1.29, 1.82) is 0 Å². The average molecular weight is 206 g/mol. The number of carbonyl (C=O) groups is 1. The van der Waals surface area contributed by atoms with E-state index in [0.717, 1.165) is 0 Å². The lowest BCUT2D eigenvalue weighted by molar-refractivity contribution is -0.148. The highest BCUT2D eigenvalue weighted by Crippen LogP contribution is 2.15. The third-order valence-electron chi connectivity index (χ3n) is 1.68. The summed E-state index contributed by atoms with van der Waals surface area (Å²) in [5.41, 5.74) is -0.532. The number of hydrogen-bond acceptors (Lipinski definition) is 4. The van der Waals surface area contributed by atoms with Crippen molar-refractivity contribution in [3.8, 4) is 0 Å². The van der Waals surface area contributed by atoms with Crippen LogP contribution in [0.4, 0.5) is 0 Å².